The van der Waals surface area contributed by atoms with Crippen LogP contribution in [0.5, 0.6) is 0 Å². The maximum atomic E-state index is 10.9. The molecule has 3 aromatic rings. The van der Waals surface area contributed by atoms with Crippen molar-refractivity contribution in [2.45, 2.75) is 19.8 Å². The zero-order valence-electron chi connectivity index (χ0n) is 12.8. The first kappa shape index (κ1) is 16.0. The number of hydrogen-bond acceptors (Lipinski definition) is 2. The Hall–Kier alpha value is -1.84. The summed E-state index contributed by atoms with van der Waals surface area (Å²) in [7, 11) is 0. The zero-order chi connectivity index (χ0) is 16.4. The highest BCUT2D eigenvalue weighted by atomic mass is 35.5. The summed E-state index contributed by atoms with van der Waals surface area (Å²) < 4.78 is 0. The monoisotopic (exact) mass is 344 g/mol. The molecule has 1 N–H and O–H groups in total. The number of hydrogen-bond donors (Lipinski definition) is 1. The van der Waals surface area contributed by atoms with Gasteiger partial charge in [-0.15, -0.1) is 11.3 Å². The highest BCUT2D eigenvalue weighted by Crippen LogP contribution is 2.33. The molecule has 0 aliphatic rings. The van der Waals surface area contributed by atoms with Crippen molar-refractivity contribution in [1.29, 1.82) is 0 Å². The van der Waals surface area contributed by atoms with Crippen molar-refractivity contribution >= 4 is 39.7 Å². The molecule has 0 aliphatic heterocycles. The van der Waals surface area contributed by atoms with E-state index >= 15 is 0 Å². The molecular weight excluding hydrogens is 328 g/mol. The van der Waals surface area contributed by atoms with Gasteiger partial charge in [0.25, 0.3) is 0 Å². The highest BCUT2D eigenvalue weighted by molar-refractivity contribution is 7.10. The topological polar surface area (TPSA) is 37.3 Å². The second kappa shape index (κ2) is 6.73. The molecule has 1 aromatic heterocycles. The van der Waals surface area contributed by atoms with Gasteiger partial charge >= 0.3 is 5.97 Å². The maximum Gasteiger partial charge on any atom is 0.303 e. The minimum atomic E-state index is -0.738. The van der Waals surface area contributed by atoms with Gasteiger partial charge in [0.05, 0.1) is 0 Å². The lowest BCUT2D eigenvalue weighted by Crippen LogP contribution is -2.06. The molecule has 118 valence electrons. The Bertz CT molecular complexity index is 853. The third kappa shape index (κ3) is 3.74. The SMILES string of the molecule is CC(CC(=O)O)Cc1sccc1-c1ccc2cc(Cl)ccc2c1. The van der Waals surface area contributed by atoms with Gasteiger partial charge in [-0.2, -0.15) is 0 Å². The molecule has 1 atom stereocenters. The third-order valence-corrected chi connectivity index (χ3v) is 5.09. The van der Waals surface area contributed by atoms with E-state index in [0.717, 1.165) is 22.2 Å². The molecule has 1 unspecified atom stereocenters. The first-order valence-electron chi connectivity index (χ1n) is 7.51. The van der Waals surface area contributed by atoms with Crippen molar-refractivity contribution in [2.24, 2.45) is 5.92 Å². The summed E-state index contributed by atoms with van der Waals surface area (Å²) in [4.78, 5) is 12.1. The first-order chi connectivity index (χ1) is 11.0. The van der Waals surface area contributed by atoms with Crippen molar-refractivity contribution in [3.8, 4) is 11.1 Å². The quantitative estimate of drug-likeness (QED) is 0.628. The van der Waals surface area contributed by atoms with Crippen LogP contribution in [0.3, 0.4) is 0 Å². The average molecular weight is 345 g/mol. The fourth-order valence-corrected chi connectivity index (χ4v) is 4.07. The molecule has 4 heteroatoms. The lowest BCUT2D eigenvalue weighted by molar-refractivity contribution is -0.137. The molecule has 2 nitrogen and oxygen atoms in total. The number of halogens is 1. The van der Waals surface area contributed by atoms with Crippen LogP contribution in [-0.4, -0.2) is 11.1 Å². The number of rotatable bonds is 5. The van der Waals surface area contributed by atoms with Crippen LogP contribution in [-0.2, 0) is 11.2 Å². The minimum Gasteiger partial charge on any atom is -0.481 e. The van der Waals surface area contributed by atoms with E-state index in [1.807, 2.05) is 25.1 Å². The fraction of sp³-hybridized carbons (Fsp3) is 0.211. The predicted molar refractivity (Wildman–Crippen MR) is 97.4 cm³/mol. The van der Waals surface area contributed by atoms with E-state index in [1.165, 1.54) is 16.0 Å². The maximum absolute atomic E-state index is 10.9. The van der Waals surface area contributed by atoms with Gasteiger partial charge in [-0.1, -0.05) is 36.7 Å². The van der Waals surface area contributed by atoms with Crippen molar-refractivity contribution < 1.29 is 9.90 Å². The molecule has 0 saturated carbocycles. The number of aliphatic carboxylic acids is 1. The summed E-state index contributed by atoms with van der Waals surface area (Å²) in [5.41, 5.74) is 2.36. The van der Waals surface area contributed by atoms with Crippen molar-refractivity contribution in [3.05, 3.63) is 57.7 Å². The summed E-state index contributed by atoms with van der Waals surface area (Å²) in [6.07, 6.45) is 0.992. The molecule has 0 aliphatic carbocycles. The summed E-state index contributed by atoms with van der Waals surface area (Å²) in [5, 5.41) is 14.0. The average Bonchev–Trinajstić information content (AvgIpc) is 2.93. The normalized spacial score (nSPS) is 12.4. The summed E-state index contributed by atoms with van der Waals surface area (Å²) >= 11 is 7.73. The first-order valence-corrected chi connectivity index (χ1v) is 8.76. The van der Waals surface area contributed by atoms with Gasteiger partial charge in [-0.25, -0.2) is 0 Å². The van der Waals surface area contributed by atoms with Gasteiger partial charge in [0.2, 0.25) is 0 Å². The molecule has 0 spiro atoms. The van der Waals surface area contributed by atoms with Gasteiger partial charge in [0.15, 0.2) is 0 Å². The number of carbonyl (C=O) groups is 1. The molecule has 0 fully saturated rings. The van der Waals surface area contributed by atoms with Crippen LogP contribution in [0.25, 0.3) is 21.9 Å². The van der Waals surface area contributed by atoms with Crippen molar-refractivity contribution in [3.63, 3.8) is 0 Å². The lowest BCUT2D eigenvalue weighted by atomic mass is 9.97. The van der Waals surface area contributed by atoms with E-state index in [4.69, 9.17) is 16.7 Å². The van der Waals surface area contributed by atoms with Crippen molar-refractivity contribution in [1.82, 2.24) is 0 Å². The van der Waals surface area contributed by atoms with Crippen LogP contribution in [0.1, 0.15) is 18.2 Å². The van der Waals surface area contributed by atoms with Crippen LogP contribution in [0.4, 0.5) is 0 Å². The van der Waals surface area contributed by atoms with Crippen LogP contribution < -0.4 is 0 Å². The van der Waals surface area contributed by atoms with Gasteiger partial charge in [-0.3, -0.25) is 4.79 Å². The van der Waals surface area contributed by atoms with Crippen molar-refractivity contribution in [2.75, 3.05) is 0 Å². The molecule has 0 bridgehead atoms. The standard InChI is InChI=1S/C19H17ClO2S/c1-12(9-19(21)22)8-18-17(6-7-23-18)15-3-2-14-11-16(20)5-4-13(14)10-15/h2-7,10-12H,8-9H2,1H3,(H,21,22). The van der Waals surface area contributed by atoms with Crippen LogP contribution in [0.2, 0.25) is 5.02 Å². The molecule has 0 saturated heterocycles. The fourth-order valence-electron chi connectivity index (χ4n) is 2.83. The smallest absolute Gasteiger partial charge is 0.303 e. The van der Waals surface area contributed by atoms with Gasteiger partial charge in [0.1, 0.15) is 0 Å². The van der Waals surface area contributed by atoms with E-state index in [0.29, 0.717) is 0 Å². The molecule has 23 heavy (non-hydrogen) atoms. The lowest BCUT2D eigenvalue weighted by Gasteiger charge is -2.10. The Morgan fingerprint density at radius 1 is 1.17 bits per heavy atom. The number of carboxylic acid groups (broad SMARTS) is 1. The summed E-state index contributed by atoms with van der Waals surface area (Å²) in [6, 6.07) is 14.4. The second-order valence-corrected chi connectivity index (χ2v) is 7.31. The Labute approximate surface area is 144 Å². The van der Waals surface area contributed by atoms with Crippen LogP contribution >= 0.6 is 22.9 Å². The molecule has 2 aromatic carbocycles. The Morgan fingerprint density at radius 2 is 1.91 bits per heavy atom. The second-order valence-electron chi connectivity index (χ2n) is 5.87. The van der Waals surface area contributed by atoms with E-state index in [-0.39, 0.29) is 12.3 Å². The minimum absolute atomic E-state index is 0.129. The highest BCUT2D eigenvalue weighted by Gasteiger charge is 2.13. The number of carboxylic acids is 1. The molecule has 0 radical (unpaired) electrons. The largest absolute Gasteiger partial charge is 0.481 e. The predicted octanol–water partition coefficient (Wildman–Crippen LogP) is 5.88. The Balaban J connectivity index is 1.92. The van der Waals surface area contributed by atoms with E-state index in [9.17, 15) is 4.79 Å². The third-order valence-electron chi connectivity index (χ3n) is 3.92. The van der Waals surface area contributed by atoms with Crippen LogP contribution in [0.15, 0.2) is 47.8 Å². The Kier molecular flexibility index (Phi) is 4.69. The van der Waals surface area contributed by atoms with Gasteiger partial charge < -0.3 is 5.11 Å². The van der Waals surface area contributed by atoms with Gasteiger partial charge in [0, 0.05) is 16.3 Å². The molecule has 3 rings (SSSR count). The van der Waals surface area contributed by atoms with E-state index < -0.39 is 5.97 Å². The molecular formula is C19H17ClO2S. The molecule has 1 heterocycles. The van der Waals surface area contributed by atoms with E-state index in [1.54, 1.807) is 11.3 Å². The zero-order valence-corrected chi connectivity index (χ0v) is 14.3. The van der Waals surface area contributed by atoms with E-state index in [2.05, 4.69) is 29.6 Å². The summed E-state index contributed by atoms with van der Waals surface area (Å²) in [5.74, 6) is -0.609. The Morgan fingerprint density at radius 3 is 2.70 bits per heavy atom. The number of fused-ring (bicyclic) bond motifs is 1. The summed E-state index contributed by atoms with van der Waals surface area (Å²) in [6.45, 7) is 1.99. The van der Waals surface area contributed by atoms with Crippen LogP contribution in [0, 0.1) is 5.92 Å². The van der Waals surface area contributed by atoms with Gasteiger partial charge in [-0.05, 0) is 63.9 Å². The number of thiophene rings is 1. The number of benzene rings is 2. The molecule has 0 amide bonds.